The highest BCUT2D eigenvalue weighted by Crippen LogP contribution is 2.14. The van der Waals surface area contributed by atoms with Crippen LogP contribution in [-0.4, -0.2) is 30.8 Å². The summed E-state index contributed by atoms with van der Waals surface area (Å²) in [4.78, 5) is 14.3. The summed E-state index contributed by atoms with van der Waals surface area (Å²) in [6, 6.07) is 1.25. The first kappa shape index (κ1) is 17.9. The van der Waals surface area contributed by atoms with Crippen LogP contribution < -0.4 is 5.43 Å². The third-order valence-corrected chi connectivity index (χ3v) is 5.35. The molecule has 0 saturated heterocycles. The van der Waals surface area contributed by atoms with Gasteiger partial charge in [0.15, 0.2) is 0 Å². The quantitative estimate of drug-likeness (QED) is 0.675. The number of H-pyrrole nitrogens is 1. The average molecular weight is 314 g/mol. The molecule has 6 heteroatoms. The monoisotopic (exact) mass is 314 g/mol. The second-order valence-corrected chi connectivity index (χ2v) is 7.10. The van der Waals surface area contributed by atoms with Crippen LogP contribution in [0.4, 0.5) is 0 Å². The van der Waals surface area contributed by atoms with Crippen LogP contribution in [-0.2, 0) is 10.0 Å². The maximum absolute atomic E-state index is 12.6. The Bertz CT molecular complexity index is 556. The third kappa shape index (κ3) is 5.28. The molecule has 0 unspecified atom stereocenters. The van der Waals surface area contributed by atoms with Crippen LogP contribution in [0, 0.1) is 0 Å². The molecular formula is C15H26N2O3S. The fraction of sp³-hybridized carbons (Fsp3) is 0.667. The highest BCUT2D eigenvalue weighted by molar-refractivity contribution is 7.89. The van der Waals surface area contributed by atoms with E-state index in [-0.39, 0.29) is 4.90 Å². The van der Waals surface area contributed by atoms with Crippen molar-refractivity contribution in [2.24, 2.45) is 0 Å². The number of hydrogen-bond donors (Lipinski definition) is 1. The van der Waals surface area contributed by atoms with Gasteiger partial charge in [0.25, 0.3) is 0 Å². The smallest absolute Gasteiger partial charge is 0.248 e. The molecule has 0 fully saturated rings. The number of hydrogen-bond acceptors (Lipinski definition) is 3. The largest absolute Gasteiger partial charge is 0.366 e. The fourth-order valence-corrected chi connectivity index (χ4v) is 3.73. The van der Waals surface area contributed by atoms with Gasteiger partial charge in [0, 0.05) is 31.5 Å². The number of aromatic amines is 1. The van der Waals surface area contributed by atoms with Gasteiger partial charge in [0.2, 0.25) is 15.5 Å². The zero-order chi connectivity index (χ0) is 15.7. The summed E-state index contributed by atoms with van der Waals surface area (Å²) in [5.41, 5.74) is -0.454. The van der Waals surface area contributed by atoms with Crippen LogP contribution >= 0.6 is 0 Å². The molecule has 0 aromatic carbocycles. The van der Waals surface area contributed by atoms with Gasteiger partial charge in [0.05, 0.1) is 0 Å². The van der Waals surface area contributed by atoms with Crippen LogP contribution in [0.5, 0.6) is 0 Å². The standard InChI is InChI=1S/C15H26N2O3S/c1-3-5-7-11-17(12-8-6-4-2)21(19,20)15-13-16-10-9-14(15)18/h9-10,13H,3-8,11-12H2,1-2H3,(H,16,18). The van der Waals surface area contributed by atoms with Gasteiger partial charge in [-0.3, -0.25) is 4.79 Å². The van der Waals surface area contributed by atoms with Crippen molar-refractivity contribution in [2.45, 2.75) is 57.3 Å². The normalized spacial score (nSPS) is 12.0. The van der Waals surface area contributed by atoms with E-state index < -0.39 is 15.5 Å². The zero-order valence-electron chi connectivity index (χ0n) is 13.0. The van der Waals surface area contributed by atoms with E-state index in [1.807, 2.05) is 0 Å². The molecule has 1 aromatic heterocycles. The van der Waals surface area contributed by atoms with Crippen molar-refractivity contribution in [3.63, 3.8) is 0 Å². The lowest BCUT2D eigenvalue weighted by atomic mass is 10.2. The summed E-state index contributed by atoms with van der Waals surface area (Å²) in [7, 11) is -3.70. The Morgan fingerprint density at radius 3 is 2.10 bits per heavy atom. The molecule has 0 aliphatic carbocycles. The lowest BCUT2D eigenvalue weighted by molar-refractivity contribution is 0.388. The van der Waals surface area contributed by atoms with Crippen LogP contribution in [0.1, 0.15) is 52.4 Å². The van der Waals surface area contributed by atoms with Crippen molar-refractivity contribution in [3.05, 3.63) is 28.7 Å². The number of unbranched alkanes of at least 4 members (excludes halogenated alkanes) is 4. The van der Waals surface area contributed by atoms with Gasteiger partial charge in [0.1, 0.15) is 4.90 Å². The van der Waals surface area contributed by atoms with E-state index in [0.717, 1.165) is 38.5 Å². The van der Waals surface area contributed by atoms with Gasteiger partial charge in [-0.2, -0.15) is 4.31 Å². The van der Waals surface area contributed by atoms with Crippen LogP contribution in [0.25, 0.3) is 0 Å². The Balaban J connectivity index is 2.93. The minimum Gasteiger partial charge on any atom is -0.366 e. The predicted molar refractivity (Wildman–Crippen MR) is 84.9 cm³/mol. The molecule has 0 radical (unpaired) electrons. The number of nitrogens with zero attached hydrogens (tertiary/aromatic N) is 1. The predicted octanol–water partition coefficient (Wildman–Crippen LogP) is 2.75. The first-order valence-corrected chi connectivity index (χ1v) is 9.15. The van der Waals surface area contributed by atoms with E-state index in [2.05, 4.69) is 18.8 Å². The fourth-order valence-electron chi connectivity index (χ4n) is 2.17. The Kier molecular flexibility index (Phi) is 7.67. The number of pyridine rings is 1. The van der Waals surface area contributed by atoms with Gasteiger partial charge >= 0.3 is 0 Å². The second-order valence-electron chi connectivity index (χ2n) is 5.19. The van der Waals surface area contributed by atoms with E-state index in [1.54, 1.807) is 0 Å². The molecule has 0 bridgehead atoms. The van der Waals surface area contributed by atoms with Gasteiger partial charge in [-0.15, -0.1) is 0 Å². The summed E-state index contributed by atoms with van der Waals surface area (Å²) >= 11 is 0. The molecule has 1 heterocycles. The molecule has 0 atom stereocenters. The minimum atomic E-state index is -3.70. The number of aromatic nitrogens is 1. The summed E-state index contributed by atoms with van der Waals surface area (Å²) in [5, 5.41) is 0. The molecule has 0 spiro atoms. The van der Waals surface area contributed by atoms with E-state index in [0.29, 0.717) is 13.1 Å². The SMILES string of the molecule is CCCCCN(CCCCC)S(=O)(=O)c1c[nH]ccc1=O. The van der Waals surface area contributed by atoms with Gasteiger partial charge in [-0.25, -0.2) is 8.42 Å². The topological polar surface area (TPSA) is 70.2 Å². The molecule has 21 heavy (non-hydrogen) atoms. The first-order chi connectivity index (χ1) is 10.0. The Labute approximate surface area is 127 Å². The number of nitrogens with one attached hydrogen (secondary N) is 1. The van der Waals surface area contributed by atoms with Crippen molar-refractivity contribution < 1.29 is 8.42 Å². The summed E-state index contributed by atoms with van der Waals surface area (Å²) in [6.45, 7) is 5.12. The second kappa shape index (κ2) is 9.00. The molecule has 1 rings (SSSR count). The van der Waals surface area contributed by atoms with Gasteiger partial charge in [-0.1, -0.05) is 39.5 Å². The highest BCUT2D eigenvalue weighted by atomic mass is 32.2. The molecule has 120 valence electrons. The minimum absolute atomic E-state index is 0.155. The van der Waals surface area contributed by atoms with Crippen LogP contribution in [0.15, 0.2) is 28.2 Å². The van der Waals surface area contributed by atoms with Crippen molar-refractivity contribution >= 4 is 10.0 Å². The average Bonchev–Trinajstić information content (AvgIpc) is 2.46. The Morgan fingerprint density at radius 1 is 1.05 bits per heavy atom. The summed E-state index contributed by atoms with van der Waals surface area (Å²) < 4.78 is 26.8. The van der Waals surface area contributed by atoms with E-state index in [9.17, 15) is 13.2 Å². The maximum atomic E-state index is 12.6. The van der Waals surface area contributed by atoms with Crippen LogP contribution in [0.2, 0.25) is 0 Å². The van der Waals surface area contributed by atoms with Crippen molar-refractivity contribution in [1.82, 2.24) is 9.29 Å². The lowest BCUT2D eigenvalue weighted by Gasteiger charge is -2.21. The molecule has 5 nitrogen and oxygen atoms in total. The molecule has 0 saturated carbocycles. The molecular weight excluding hydrogens is 288 g/mol. The number of rotatable bonds is 10. The molecule has 0 aliphatic rings. The lowest BCUT2D eigenvalue weighted by Crippen LogP contribution is -2.35. The van der Waals surface area contributed by atoms with E-state index in [1.165, 1.54) is 22.8 Å². The van der Waals surface area contributed by atoms with Crippen molar-refractivity contribution in [2.75, 3.05) is 13.1 Å². The molecule has 1 aromatic rings. The van der Waals surface area contributed by atoms with Gasteiger partial charge in [-0.05, 0) is 12.8 Å². The Hall–Kier alpha value is -1.14. The molecule has 0 aliphatic heterocycles. The molecule has 0 amide bonds. The highest BCUT2D eigenvalue weighted by Gasteiger charge is 2.25. The molecule has 1 N–H and O–H groups in total. The van der Waals surface area contributed by atoms with Crippen molar-refractivity contribution in [3.8, 4) is 0 Å². The summed E-state index contributed by atoms with van der Waals surface area (Å²) in [6.07, 6.45) is 8.43. The third-order valence-electron chi connectivity index (χ3n) is 3.43. The van der Waals surface area contributed by atoms with E-state index in [4.69, 9.17) is 0 Å². The van der Waals surface area contributed by atoms with Crippen molar-refractivity contribution in [1.29, 1.82) is 0 Å². The Morgan fingerprint density at radius 2 is 1.62 bits per heavy atom. The summed E-state index contributed by atoms with van der Waals surface area (Å²) in [5.74, 6) is 0. The van der Waals surface area contributed by atoms with E-state index >= 15 is 0 Å². The van der Waals surface area contributed by atoms with Crippen LogP contribution in [0.3, 0.4) is 0 Å². The zero-order valence-corrected chi connectivity index (χ0v) is 13.8. The number of sulfonamides is 1. The maximum Gasteiger partial charge on any atom is 0.248 e. The van der Waals surface area contributed by atoms with Gasteiger partial charge < -0.3 is 4.98 Å². The first-order valence-electron chi connectivity index (χ1n) is 7.71.